The predicted molar refractivity (Wildman–Crippen MR) is 94.1 cm³/mol. The summed E-state index contributed by atoms with van der Waals surface area (Å²) in [5.74, 6) is -3.78. The zero-order valence-corrected chi connectivity index (χ0v) is 15.2. The van der Waals surface area contributed by atoms with E-state index in [1.54, 1.807) is 0 Å². The number of carboxylic acid groups (broad SMARTS) is 2. The average Bonchev–Trinajstić information content (AvgIpc) is 2.51. The van der Waals surface area contributed by atoms with Crippen LogP contribution >= 0.6 is 0 Å². The van der Waals surface area contributed by atoms with Crippen LogP contribution in [0, 0.1) is 5.92 Å². The molecule has 0 aliphatic heterocycles. The summed E-state index contributed by atoms with van der Waals surface area (Å²) < 4.78 is 0. The number of amides is 2. The minimum Gasteiger partial charge on any atom is -0.481 e. The highest BCUT2D eigenvalue weighted by molar-refractivity contribution is 5.92. The van der Waals surface area contributed by atoms with Crippen LogP contribution in [0.25, 0.3) is 0 Å². The van der Waals surface area contributed by atoms with Gasteiger partial charge in [-0.25, -0.2) is 4.79 Å². The van der Waals surface area contributed by atoms with E-state index in [0.717, 1.165) is 0 Å². The number of rotatable bonds is 13. The van der Waals surface area contributed by atoms with E-state index < -0.39 is 48.3 Å². The minimum atomic E-state index is -1.30. The van der Waals surface area contributed by atoms with E-state index in [1.165, 1.54) is 0 Å². The summed E-state index contributed by atoms with van der Waals surface area (Å²) in [7, 11) is 0. The molecule has 0 heterocycles. The summed E-state index contributed by atoms with van der Waals surface area (Å²) in [5, 5.41) is 22.8. The number of carbonyl (C=O) groups is 4. The fourth-order valence-corrected chi connectivity index (χ4v) is 2.29. The van der Waals surface area contributed by atoms with Crippen LogP contribution in [-0.4, -0.2) is 58.6 Å². The third-order valence-electron chi connectivity index (χ3n) is 3.63. The second-order valence-corrected chi connectivity index (χ2v) is 6.58. The maximum Gasteiger partial charge on any atom is 0.326 e. The van der Waals surface area contributed by atoms with Crippen LogP contribution in [0.15, 0.2) is 0 Å². The molecule has 10 nitrogen and oxygen atoms in total. The summed E-state index contributed by atoms with van der Waals surface area (Å²) in [6.07, 6.45) is 1.06. The quantitative estimate of drug-likeness (QED) is 0.222. The van der Waals surface area contributed by atoms with Gasteiger partial charge in [-0.1, -0.05) is 13.8 Å². The van der Waals surface area contributed by atoms with Crippen LogP contribution in [0.3, 0.4) is 0 Å². The minimum absolute atomic E-state index is 0.0469. The summed E-state index contributed by atoms with van der Waals surface area (Å²) in [6.45, 7) is 4.06. The van der Waals surface area contributed by atoms with E-state index in [9.17, 15) is 24.3 Å². The van der Waals surface area contributed by atoms with E-state index >= 15 is 0 Å². The molecule has 0 spiro atoms. The second-order valence-electron chi connectivity index (χ2n) is 6.58. The van der Waals surface area contributed by atoms with E-state index in [4.69, 9.17) is 16.6 Å². The number of carbonyl (C=O) groups excluding carboxylic acids is 2. The lowest BCUT2D eigenvalue weighted by molar-refractivity contribution is -0.143. The third-order valence-corrected chi connectivity index (χ3v) is 3.63. The van der Waals surface area contributed by atoms with Crippen molar-refractivity contribution in [1.29, 1.82) is 0 Å². The van der Waals surface area contributed by atoms with Gasteiger partial charge in [0.1, 0.15) is 12.1 Å². The molecule has 3 unspecified atom stereocenters. The Hall–Kier alpha value is -2.20. The standard InChI is InChI=1S/C16H30N4O6/c1-9(2)7-12(16(25)26)20-15(24)11(5-3-4-6-17)19-14(23)10(18)8-13(21)22/h9-12H,3-8,17-18H2,1-2H3,(H,19,23)(H,20,24)(H,21,22)(H,25,26). The van der Waals surface area contributed by atoms with Crippen molar-refractivity contribution < 1.29 is 29.4 Å². The summed E-state index contributed by atoms with van der Waals surface area (Å²) >= 11 is 0. The second kappa shape index (κ2) is 12.2. The lowest BCUT2D eigenvalue weighted by Crippen LogP contribution is -2.54. The zero-order valence-electron chi connectivity index (χ0n) is 15.2. The zero-order chi connectivity index (χ0) is 20.3. The van der Waals surface area contributed by atoms with Crippen molar-refractivity contribution in [2.75, 3.05) is 6.54 Å². The van der Waals surface area contributed by atoms with Gasteiger partial charge in [0, 0.05) is 0 Å². The number of nitrogens with two attached hydrogens (primary N) is 2. The van der Waals surface area contributed by atoms with Crippen LogP contribution < -0.4 is 22.1 Å². The Bertz CT molecular complexity index is 497. The molecule has 0 aliphatic carbocycles. The lowest BCUT2D eigenvalue weighted by atomic mass is 10.0. The first-order chi connectivity index (χ1) is 12.1. The Morgan fingerprint density at radius 2 is 1.54 bits per heavy atom. The lowest BCUT2D eigenvalue weighted by Gasteiger charge is -2.23. The van der Waals surface area contributed by atoms with Crippen LogP contribution in [0.4, 0.5) is 0 Å². The SMILES string of the molecule is CC(C)CC(NC(=O)C(CCCCN)NC(=O)C(N)CC(=O)O)C(=O)O. The molecule has 0 saturated heterocycles. The van der Waals surface area contributed by atoms with Crippen molar-refractivity contribution in [1.82, 2.24) is 10.6 Å². The van der Waals surface area contributed by atoms with E-state index in [0.29, 0.717) is 19.4 Å². The highest BCUT2D eigenvalue weighted by Gasteiger charge is 2.28. The molecule has 10 heteroatoms. The van der Waals surface area contributed by atoms with Gasteiger partial charge in [0.15, 0.2) is 0 Å². The number of nitrogens with one attached hydrogen (secondary N) is 2. The van der Waals surface area contributed by atoms with E-state index in [2.05, 4.69) is 10.6 Å². The van der Waals surface area contributed by atoms with Crippen molar-refractivity contribution in [3.63, 3.8) is 0 Å². The van der Waals surface area contributed by atoms with Crippen LogP contribution in [0.1, 0.15) is 46.0 Å². The van der Waals surface area contributed by atoms with Crippen LogP contribution in [0.5, 0.6) is 0 Å². The highest BCUT2D eigenvalue weighted by atomic mass is 16.4. The first-order valence-corrected chi connectivity index (χ1v) is 8.59. The Labute approximate surface area is 152 Å². The highest BCUT2D eigenvalue weighted by Crippen LogP contribution is 2.07. The average molecular weight is 374 g/mol. The van der Waals surface area contributed by atoms with Gasteiger partial charge >= 0.3 is 11.9 Å². The molecule has 3 atom stereocenters. The van der Waals surface area contributed by atoms with Gasteiger partial charge in [-0.3, -0.25) is 14.4 Å². The monoisotopic (exact) mass is 374 g/mol. The molecule has 0 rings (SSSR count). The summed E-state index contributed by atoms with van der Waals surface area (Å²) in [6, 6.07) is -3.39. The first kappa shape index (κ1) is 23.8. The van der Waals surface area contributed by atoms with Gasteiger partial charge < -0.3 is 32.3 Å². The number of aliphatic carboxylic acids is 2. The third kappa shape index (κ3) is 9.94. The largest absolute Gasteiger partial charge is 0.481 e. The molecule has 0 aromatic carbocycles. The summed E-state index contributed by atoms with van der Waals surface area (Å²) in [5.41, 5.74) is 10.9. The summed E-state index contributed by atoms with van der Waals surface area (Å²) in [4.78, 5) is 46.4. The van der Waals surface area contributed by atoms with Crippen LogP contribution in [0.2, 0.25) is 0 Å². The van der Waals surface area contributed by atoms with Gasteiger partial charge in [-0.2, -0.15) is 0 Å². The molecular weight excluding hydrogens is 344 g/mol. The Balaban J connectivity index is 5.02. The molecule has 0 aromatic heterocycles. The fourth-order valence-electron chi connectivity index (χ4n) is 2.29. The Morgan fingerprint density at radius 3 is 2.00 bits per heavy atom. The van der Waals surface area contributed by atoms with Gasteiger partial charge in [-0.05, 0) is 38.1 Å². The van der Waals surface area contributed by atoms with Gasteiger partial charge in [-0.15, -0.1) is 0 Å². The van der Waals surface area contributed by atoms with E-state index in [1.807, 2.05) is 13.8 Å². The molecule has 8 N–H and O–H groups in total. The van der Waals surface area contributed by atoms with Crippen molar-refractivity contribution in [2.24, 2.45) is 17.4 Å². The van der Waals surface area contributed by atoms with Crippen molar-refractivity contribution in [3.8, 4) is 0 Å². The fraction of sp³-hybridized carbons (Fsp3) is 0.750. The Morgan fingerprint density at radius 1 is 0.962 bits per heavy atom. The molecule has 0 saturated carbocycles. The van der Waals surface area contributed by atoms with Crippen molar-refractivity contribution in [3.05, 3.63) is 0 Å². The van der Waals surface area contributed by atoms with Gasteiger partial charge in [0.25, 0.3) is 0 Å². The van der Waals surface area contributed by atoms with E-state index in [-0.39, 0.29) is 18.8 Å². The van der Waals surface area contributed by atoms with Crippen molar-refractivity contribution in [2.45, 2.75) is 64.1 Å². The molecule has 0 fully saturated rings. The first-order valence-electron chi connectivity index (χ1n) is 8.59. The molecule has 150 valence electrons. The van der Waals surface area contributed by atoms with Crippen molar-refractivity contribution >= 4 is 23.8 Å². The van der Waals surface area contributed by atoms with Crippen LogP contribution in [-0.2, 0) is 19.2 Å². The molecular formula is C16H30N4O6. The number of unbranched alkanes of at least 4 members (excludes halogenated alkanes) is 1. The Kier molecular flexibility index (Phi) is 11.2. The number of hydrogen-bond acceptors (Lipinski definition) is 6. The topological polar surface area (TPSA) is 185 Å². The molecule has 0 radical (unpaired) electrons. The normalized spacial score (nSPS) is 14.3. The number of hydrogen-bond donors (Lipinski definition) is 6. The predicted octanol–water partition coefficient (Wildman–Crippen LogP) is -0.982. The molecule has 0 bridgehead atoms. The maximum atomic E-state index is 12.4. The molecule has 2 amide bonds. The number of carboxylic acids is 2. The smallest absolute Gasteiger partial charge is 0.326 e. The van der Waals surface area contributed by atoms with Gasteiger partial charge in [0.2, 0.25) is 11.8 Å². The van der Waals surface area contributed by atoms with Gasteiger partial charge in [0.05, 0.1) is 12.5 Å². The maximum absolute atomic E-state index is 12.4. The molecule has 0 aromatic rings. The molecule has 26 heavy (non-hydrogen) atoms. The molecule has 0 aliphatic rings.